The van der Waals surface area contributed by atoms with Crippen LogP contribution in [0.1, 0.15) is 47.7 Å². The minimum atomic E-state index is -0.175. The van der Waals surface area contributed by atoms with Gasteiger partial charge in [-0.2, -0.15) is 0 Å². The van der Waals surface area contributed by atoms with E-state index < -0.39 is 0 Å². The van der Waals surface area contributed by atoms with Gasteiger partial charge in [0.1, 0.15) is 5.76 Å². The highest BCUT2D eigenvalue weighted by atomic mass is 32.2. The quantitative estimate of drug-likeness (QED) is 0.368. The van der Waals surface area contributed by atoms with Crippen LogP contribution in [-0.2, 0) is 6.42 Å². The summed E-state index contributed by atoms with van der Waals surface area (Å²) >= 11 is 2.57. The molecule has 7 heteroatoms. The summed E-state index contributed by atoms with van der Waals surface area (Å²) in [6.45, 7) is 6.03. The molecular formula is C19H18N2O3S2. The normalized spacial score (nSPS) is 17.6. The highest BCUT2D eigenvalue weighted by molar-refractivity contribution is 8.15. The van der Waals surface area contributed by atoms with Crippen LogP contribution < -0.4 is 0 Å². The summed E-state index contributed by atoms with van der Waals surface area (Å²) in [7, 11) is 0. The van der Waals surface area contributed by atoms with Crippen molar-refractivity contribution in [2.24, 2.45) is 10.6 Å². The van der Waals surface area contributed by atoms with Gasteiger partial charge in [0.05, 0.1) is 15.9 Å². The number of carbonyl (C=O) groups excluding carboxylic acids is 1. The van der Waals surface area contributed by atoms with E-state index in [9.17, 15) is 10.0 Å². The molecule has 26 heavy (non-hydrogen) atoms. The number of benzene rings is 1. The number of hydrogen-bond acceptors (Lipinski definition) is 7. The van der Waals surface area contributed by atoms with Crippen molar-refractivity contribution in [3.8, 4) is 0 Å². The van der Waals surface area contributed by atoms with E-state index in [1.165, 1.54) is 11.3 Å². The van der Waals surface area contributed by atoms with Gasteiger partial charge < -0.3 is 9.62 Å². The summed E-state index contributed by atoms with van der Waals surface area (Å²) in [5, 5.41) is 12.7. The first-order valence-corrected chi connectivity index (χ1v) is 9.92. The minimum absolute atomic E-state index is 0.0701. The van der Waals surface area contributed by atoms with Crippen molar-refractivity contribution in [2.45, 2.75) is 38.0 Å². The molecule has 0 bridgehead atoms. The summed E-state index contributed by atoms with van der Waals surface area (Å²) in [5.41, 5.74) is 2.92. The first-order chi connectivity index (χ1) is 12.4. The molecule has 0 saturated heterocycles. The van der Waals surface area contributed by atoms with Crippen molar-refractivity contribution in [3.05, 3.63) is 46.9 Å². The average molecular weight is 386 g/mol. The van der Waals surface area contributed by atoms with E-state index in [4.69, 9.17) is 4.42 Å². The van der Waals surface area contributed by atoms with Gasteiger partial charge in [-0.05, 0) is 42.7 Å². The Morgan fingerprint density at radius 2 is 2.12 bits per heavy atom. The van der Waals surface area contributed by atoms with E-state index >= 15 is 0 Å². The monoisotopic (exact) mass is 386 g/mol. The van der Waals surface area contributed by atoms with Gasteiger partial charge in [-0.25, -0.2) is 4.98 Å². The maximum absolute atomic E-state index is 12.8. The second-order valence-corrected chi connectivity index (χ2v) is 9.51. The molecule has 0 unspecified atom stereocenters. The number of nitrogens with zero attached hydrogens (tertiary/aromatic N) is 2. The Morgan fingerprint density at radius 1 is 1.35 bits per heavy atom. The van der Waals surface area contributed by atoms with Crippen molar-refractivity contribution in [1.82, 2.24) is 4.98 Å². The van der Waals surface area contributed by atoms with Crippen LogP contribution >= 0.6 is 23.1 Å². The Balaban J connectivity index is 1.68. The maximum atomic E-state index is 12.8. The molecule has 0 aliphatic heterocycles. The fourth-order valence-corrected chi connectivity index (χ4v) is 5.36. The lowest BCUT2D eigenvalue weighted by atomic mass is 9.75. The number of thiazole rings is 1. The first kappa shape index (κ1) is 17.3. The second kappa shape index (κ2) is 6.25. The predicted molar refractivity (Wildman–Crippen MR) is 104 cm³/mol. The molecule has 5 nitrogen and oxygen atoms in total. The van der Waals surface area contributed by atoms with E-state index in [1.807, 2.05) is 31.2 Å². The van der Waals surface area contributed by atoms with Crippen LogP contribution in [0.15, 0.2) is 38.2 Å². The van der Waals surface area contributed by atoms with Crippen LogP contribution in [0.4, 0.5) is 0 Å². The number of oxime groups is 1. The predicted octanol–water partition coefficient (Wildman–Crippen LogP) is 5.28. The number of carbonyl (C=O) groups is 1. The van der Waals surface area contributed by atoms with Gasteiger partial charge in [-0.3, -0.25) is 4.79 Å². The lowest BCUT2D eigenvalue weighted by Gasteiger charge is -2.28. The number of fused-ring (bicyclic) bond motifs is 2. The zero-order chi connectivity index (χ0) is 18.5. The van der Waals surface area contributed by atoms with Gasteiger partial charge in [0.25, 0.3) is 5.12 Å². The van der Waals surface area contributed by atoms with Crippen LogP contribution in [0, 0.1) is 12.3 Å². The van der Waals surface area contributed by atoms with E-state index in [2.05, 4.69) is 24.0 Å². The Bertz CT molecular complexity index is 1010. The summed E-state index contributed by atoms with van der Waals surface area (Å²) in [6.07, 6.45) is 1.36. The van der Waals surface area contributed by atoms with E-state index in [0.717, 1.165) is 38.9 Å². The van der Waals surface area contributed by atoms with Crippen LogP contribution in [0.2, 0.25) is 0 Å². The van der Waals surface area contributed by atoms with Crippen LogP contribution in [0.25, 0.3) is 10.2 Å². The molecular weight excluding hydrogens is 368 g/mol. The fraction of sp³-hybridized carbons (Fsp3) is 0.316. The average Bonchev–Trinajstić information content (AvgIpc) is 3.13. The first-order valence-electron chi connectivity index (χ1n) is 8.29. The molecule has 4 rings (SSSR count). The summed E-state index contributed by atoms with van der Waals surface area (Å²) in [6, 6.07) is 7.81. The van der Waals surface area contributed by atoms with Crippen LogP contribution in [-0.4, -0.2) is 21.0 Å². The molecule has 0 fully saturated rings. The number of aromatic nitrogens is 1. The van der Waals surface area contributed by atoms with Crippen molar-refractivity contribution >= 4 is 44.1 Å². The van der Waals surface area contributed by atoms with E-state index in [-0.39, 0.29) is 10.5 Å². The Kier molecular flexibility index (Phi) is 4.16. The molecule has 0 amide bonds. The number of furan rings is 1. The van der Waals surface area contributed by atoms with Gasteiger partial charge >= 0.3 is 0 Å². The molecule has 0 radical (unpaired) electrons. The molecule has 1 aliphatic carbocycles. The molecule has 0 spiro atoms. The zero-order valence-electron chi connectivity index (χ0n) is 14.7. The van der Waals surface area contributed by atoms with Gasteiger partial charge in [0.15, 0.2) is 10.1 Å². The molecule has 1 aliphatic rings. The third kappa shape index (κ3) is 2.95. The Morgan fingerprint density at radius 3 is 2.85 bits per heavy atom. The summed E-state index contributed by atoms with van der Waals surface area (Å²) in [4.78, 5) is 17.3. The van der Waals surface area contributed by atoms with Crippen LogP contribution in [0.5, 0.6) is 0 Å². The minimum Gasteiger partial charge on any atom is -0.456 e. The number of para-hydroxylation sites is 1. The Labute approximate surface area is 159 Å². The van der Waals surface area contributed by atoms with E-state index in [1.54, 1.807) is 0 Å². The molecule has 1 N–H and O–H groups in total. The summed E-state index contributed by atoms with van der Waals surface area (Å²) in [5.74, 6) is 1.04. The molecule has 1 aromatic carbocycles. The number of hydrogen-bond donors (Lipinski definition) is 1. The third-order valence-electron chi connectivity index (χ3n) is 4.55. The van der Waals surface area contributed by atoms with Crippen molar-refractivity contribution in [3.63, 3.8) is 0 Å². The Hall–Kier alpha value is -2.12. The van der Waals surface area contributed by atoms with Crippen molar-refractivity contribution < 1.29 is 14.4 Å². The lowest BCUT2D eigenvalue weighted by molar-refractivity contribution is 0.106. The lowest BCUT2D eigenvalue weighted by Crippen LogP contribution is -2.26. The molecule has 3 aromatic rings. The van der Waals surface area contributed by atoms with Gasteiger partial charge in [-0.1, -0.05) is 31.1 Å². The molecule has 2 heterocycles. The second-order valence-electron chi connectivity index (χ2n) is 7.26. The molecule has 134 valence electrons. The van der Waals surface area contributed by atoms with E-state index in [0.29, 0.717) is 28.7 Å². The fourth-order valence-electron chi connectivity index (χ4n) is 3.41. The molecule has 0 atom stereocenters. The highest BCUT2D eigenvalue weighted by Crippen LogP contribution is 2.40. The highest BCUT2D eigenvalue weighted by Gasteiger charge is 2.36. The third-order valence-corrected chi connectivity index (χ3v) is 6.52. The van der Waals surface area contributed by atoms with Crippen molar-refractivity contribution in [2.75, 3.05) is 0 Å². The molecule has 2 aromatic heterocycles. The van der Waals surface area contributed by atoms with Gasteiger partial charge in [0, 0.05) is 17.5 Å². The summed E-state index contributed by atoms with van der Waals surface area (Å²) < 4.78 is 7.67. The smallest absolute Gasteiger partial charge is 0.261 e. The topological polar surface area (TPSA) is 75.7 Å². The molecule has 0 saturated carbocycles. The van der Waals surface area contributed by atoms with Crippen molar-refractivity contribution in [1.29, 1.82) is 0 Å². The maximum Gasteiger partial charge on any atom is 0.261 e. The van der Waals surface area contributed by atoms with Gasteiger partial charge in [0.2, 0.25) is 0 Å². The van der Waals surface area contributed by atoms with Gasteiger partial charge in [-0.15, -0.1) is 11.3 Å². The van der Waals surface area contributed by atoms with Crippen LogP contribution in [0.3, 0.4) is 0 Å². The largest absolute Gasteiger partial charge is 0.456 e. The zero-order valence-corrected chi connectivity index (χ0v) is 16.3. The number of thioether (sulfide) groups is 1. The SMILES string of the molecule is Cc1c(C(=O)Sc2nc3ccccc3s2)oc2c1/C(=N\O)CC(C)(C)C2. The number of rotatable bonds is 2. The standard InChI is InChI=1S/C19H18N2O3S2/c1-10-15-12(21-23)8-19(2,3)9-13(15)24-16(10)17(22)26-18-20-11-6-4-5-7-14(11)25-18/h4-7,23H,8-9H2,1-3H3/b21-12-.